The predicted molar refractivity (Wildman–Crippen MR) is 95.3 cm³/mol. The third-order valence-electron chi connectivity index (χ3n) is 4.31. The third-order valence-corrected chi connectivity index (χ3v) is 4.62. The topological polar surface area (TPSA) is 41.6 Å². The van der Waals surface area contributed by atoms with Gasteiger partial charge in [0.05, 0.1) is 29.8 Å². The lowest BCUT2D eigenvalue weighted by atomic mass is 10.1. The number of hydrogen-bond donors (Lipinski definition) is 1. The van der Waals surface area contributed by atoms with E-state index in [1.54, 1.807) is 0 Å². The first-order valence-electron chi connectivity index (χ1n) is 8.35. The van der Waals surface area contributed by atoms with Gasteiger partial charge in [-0.25, -0.2) is 8.78 Å². The Balaban J connectivity index is 1.80. The molecule has 0 saturated carbocycles. The molecular weight excluding hydrogens is 362 g/mol. The first-order valence-corrected chi connectivity index (χ1v) is 8.73. The molecule has 0 spiro atoms. The summed E-state index contributed by atoms with van der Waals surface area (Å²) in [4.78, 5) is 14.8. The fourth-order valence-electron chi connectivity index (χ4n) is 2.89. The lowest BCUT2D eigenvalue weighted by Gasteiger charge is -2.31. The van der Waals surface area contributed by atoms with Crippen molar-refractivity contribution < 1.29 is 18.3 Å². The first kappa shape index (κ1) is 18.8. The summed E-state index contributed by atoms with van der Waals surface area (Å²) in [5.74, 6) is -2.74. The van der Waals surface area contributed by atoms with Crippen molar-refractivity contribution in [3.63, 3.8) is 0 Å². The molecule has 3 rings (SSSR count). The van der Waals surface area contributed by atoms with Crippen molar-refractivity contribution in [2.75, 3.05) is 32.8 Å². The van der Waals surface area contributed by atoms with Gasteiger partial charge in [0.1, 0.15) is 0 Å². The molecule has 26 heavy (non-hydrogen) atoms. The van der Waals surface area contributed by atoms with Crippen molar-refractivity contribution >= 4 is 17.5 Å². The number of ether oxygens (including phenoxy) is 1. The van der Waals surface area contributed by atoms with Gasteiger partial charge < -0.3 is 10.1 Å². The molecule has 1 fully saturated rings. The van der Waals surface area contributed by atoms with E-state index in [4.69, 9.17) is 16.3 Å². The molecular formula is C19H19ClF2N2O2. The number of carbonyl (C=O) groups is 1. The monoisotopic (exact) mass is 380 g/mol. The van der Waals surface area contributed by atoms with E-state index >= 15 is 0 Å². The Kier molecular flexibility index (Phi) is 6.19. The van der Waals surface area contributed by atoms with Gasteiger partial charge in [0.15, 0.2) is 11.6 Å². The Bertz CT molecular complexity index is 768. The van der Waals surface area contributed by atoms with Crippen LogP contribution in [0.5, 0.6) is 0 Å². The van der Waals surface area contributed by atoms with Crippen LogP contribution in [0.2, 0.25) is 5.02 Å². The minimum atomic E-state index is -1.11. The van der Waals surface area contributed by atoms with E-state index < -0.39 is 17.5 Å². The summed E-state index contributed by atoms with van der Waals surface area (Å²) in [6.07, 6.45) is 0. The molecule has 0 radical (unpaired) electrons. The van der Waals surface area contributed by atoms with Gasteiger partial charge in [0.25, 0.3) is 5.91 Å². The van der Waals surface area contributed by atoms with Crippen LogP contribution in [0.1, 0.15) is 22.0 Å². The molecule has 1 aliphatic rings. The lowest BCUT2D eigenvalue weighted by molar-refractivity contribution is 0.0332. The zero-order chi connectivity index (χ0) is 18.5. The summed E-state index contributed by atoms with van der Waals surface area (Å²) in [6.45, 7) is 3.41. The van der Waals surface area contributed by atoms with Crippen LogP contribution < -0.4 is 5.32 Å². The van der Waals surface area contributed by atoms with Gasteiger partial charge in [-0.3, -0.25) is 9.69 Å². The van der Waals surface area contributed by atoms with Crippen molar-refractivity contribution in [1.82, 2.24) is 10.2 Å². The summed E-state index contributed by atoms with van der Waals surface area (Å²) in [5.41, 5.74) is 0.833. The Hall–Kier alpha value is -2.02. The quantitative estimate of drug-likeness (QED) is 0.808. The molecule has 2 aromatic carbocycles. The standard InChI is InChI=1S/C19H19ClF2N2O2/c20-15-11-17(22)16(21)10-14(15)19(25)23-18(13-4-2-1-3-5-13)12-24-6-8-26-9-7-24/h1-5,10-11,18H,6-9,12H2,(H,23,25). The molecule has 1 unspecified atom stereocenters. The Morgan fingerprint density at radius 1 is 1.15 bits per heavy atom. The number of amides is 1. The van der Waals surface area contributed by atoms with Gasteiger partial charge in [-0.05, 0) is 17.7 Å². The van der Waals surface area contributed by atoms with Gasteiger partial charge in [0.2, 0.25) is 0 Å². The second-order valence-corrected chi connectivity index (χ2v) is 6.50. The smallest absolute Gasteiger partial charge is 0.253 e. The van der Waals surface area contributed by atoms with Crippen molar-refractivity contribution in [2.45, 2.75) is 6.04 Å². The number of carbonyl (C=O) groups excluding carboxylic acids is 1. The molecule has 2 aromatic rings. The van der Waals surface area contributed by atoms with Crippen LogP contribution in [0.3, 0.4) is 0 Å². The van der Waals surface area contributed by atoms with Gasteiger partial charge >= 0.3 is 0 Å². The second-order valence-electron chi connectivity index (χ2n) is 6.10. The van der Waals surface area contributed by atoms with Gasteiger partial charge in [-0.1, -0.05) is 41.9 Å². The fraction of sp³-hybridized carbons (Fsp3) is 0.316. The van der Waals surface area contributed by atoms with Gasteiger partial charge in [0, 0.05) is 19.6 Å². The van der Waals surface area contributed by atoms with Crippen LogP contribution in [0.15, 0.2) is 42.5 Å². The lowest BCUT2D eigenvalue weighted by Crippen LogP contribution is -2.43. The van der Waals surface area contributed by atoms with Crippen LogP contribution in [-0.2, 0) is 4.74 Å². The molecule has 1 N–H and O–H groups in total. The number of nitrogens with one attached hydrogen (secondary N) is 1. The maximum absolute atomic E-state index is 13.5. The molecule has 1 amide bonds. The van der Waals surface area contributed by atoms with E-state index in [1.165, 1.54) is 0 Å². The SMILES string of the molecule is O=C(NC(CN1CCOCC1)c1ccccc1)c1cc(F)c(F)cc1Cl. The van der Waals surface area contributed by atoms with Crippen LogP contribution >= 0.6 is 11.6 Å². The van der Waals surface area contributed by atoms with Crippen LogP contribution in [0.4, 0.5) is 8.78 Å². The van der Waals surface area contributed by atoms with E-state index in [0.717, 1.165) is 30.8 Å². The fourth-order valence-corrected chi connectivity index (χ4v) is 3.13. The van der Waals surface area contributed by atoms with E-state index in [2.05, 4.69) is 10.2 Å². The Morgan fingerprint density at radius 3 is 2.50 bits per heavy atom. The second kappa shape index (κ2) is 8.58. The van der Waals surface area contributed by atoms with Crippen molar-refractivity contribution in [1.29, 1.82) is 0 Å². The van der Waals surface area contributed by atoms with Gasteiger partial charge in [-0.15, -0.1) is 0 Å². The molecule has 7 heteroatoms. The minimum absolute atomic E-state index is 0.0894. The molecule has 138 valence electrons. The Morgan fingerprint density at radius 2 is 1.81 bits per heavy atom. The largest absolute Gasteiger partial charge is 0.379 e. The zero-order valence-corrected chi connectivity index (χ0v) is 14.8. The summed E-state index contributed by atoms with van der Waals surface area (Å²) in [6, 6.07) is 10.8. The van der Waals surface area contributed by atoms with E-state index in [0.29, 0.717) is 19.8 Å². The normalized spacial score (nSPS) is 16.3. The van der Waals surface area contributed by atoms with Crippen molar-refractivity contribution in [3.05, 3.63) is 70.2 Å². The highest BCUT2D eigenvalue weighted by atomic mass is 35.5. The average Bonchev–Trinajstić information content (AvgIpc) is 2.65. The highest BCUT2D eigenvalue weighted by molar-refractivity contribution is 6.33. The molecule has 0 aliphatic carbocycles. The van der Waals surface area contributed by atoms with E-state index in [1.807, 2.05) is 30.3 Å². The zero-order valence-electron chi connectivity index (χ0n) is 14.1. The summed E-state index contributed by atoms with van der Waals surface area (Å²) in [5, 5.41) is 2.76. The van der Waals surface area contributed by atoms with E-state index in [9.17, 15) is 13.6 Å². The highest BCUT2D eigenvalue weighted by Crippen LogP contribution is 2.22. The number of rotatable bonds is 5. The van der Waals surface area contributed by atoms with Crippen molar-refractivity contribution in [2.24, 2.45) is 0 Å². The number of morpholine rings is 1. The summed E-state index contributed by atoms with van der Waals surface area (Å²) >= 11 is 5.92. The Labute approximate surface area is 155 Å². The van der Waals surface area contributed by atoms with Gasteiger partial charge in [-0.2, -0.15) is 0 Å². The predicted octanol–water partition coefficient (Wildman–Crippen LogP) is 3.42. The molecule has 1 saturated heterocycles. The van der Waals surface area contributed by atoms with E-state index in [-0.39, 0.29) is 16.6 Å². The van der Waals surface area contributed by atoms with Crippen LogP contribution in [-0.4, -0.2) is 43.7 Å². The average molecular weight is 381 g/mol. The van der Waals surface area contributed by atoms with Crippen LogP contribution in [0.25, 0.3) is 0 Å². The van der Waals surface area contributed by atoms with Crippen LogP contribution in [0, 0.1) is 11.6 Å². The maximum Gasteiger partial charge on any atom is 0.253 e. The maximum atomic E-state index is 13.5. The minimum Gasteiger partial charge on any atom is -0.379 e. The molecule has 4 nitrogen and oxygen atoms in total. The third kappa shape index (κ3) is 4.58. The molecule has 1 aliphatic heterocycles. The number of nitrogens with zero attached hydrogens (tertiary/aromatic N) is 1. The number of halogens is 3. The number of hydrogen-bond acceptors (Lipinski definition) is 3. The molecule has 1 heterocycles. The molecule has 0 aromatic heterocycles. The molecule has 1 atom stereocenters. The first-order chi connectivity index (χ1) is 12.5. The number of benzene rings is 2. The summed E-state index contributed by atoms with van der Waals surface area (Å²) in [7, 11) is 0. The highest BCUT2D eigenvalue weighted by Gasteiger charge is 2.22. The summed E-state index contributed by atoms with van der Waals surface area (Å²) < 4.78 is 32.1. The van der Waals surface area contributed by atoms with Crippen molar-refractivity contribution in [3.8, 4) is 0 Å². The molecule has 0 bridgehead atoms.